The van der Waals surface area contributed by atoms with Gasteiger partial charge in [0.05, 0.1) is 18.0 Å². The van der Waals surface area contributed by atoms with E-state index in [1.165, 1.54) is 0 Å². The van der Waals surface area contributed by atoms with Crippen molar-refractivity contribution in [2.75, 3.05) is 17.7 Å². The second-order valence-corrected chi connectivity index (χ2v) is 5.31. The lowest BCUT2D eigenvalue weighted by atomic mass is 10.1. The molecule has 0 saturated carbocycles. The molecule has 116 valence electrons. The number of ether oxygens (including phenoxy) is 1. The van der Waals surface area contributed by atoms with Crippen LogP contribution in [0.25, 0.3) is 0 Å². The molecule has 0 radical (unpaired) electrons. The third kappa shape index (κ3) is 4.25. The number of benzene rings is 2. The molecule has 22 heavy (non-hydrogen) atoms. The fourth-order valence-corrected chi connectivity index (χ4v) is 2.26. The van der Waals surface area contributed by atoms with Crippen molar-refractivity contribution < 1.29 is 9.53 Å². The van der Waals surface area contributed by atoms with Gasteiger partial charge in [-0.3, -0.25) is 4.79 Å². The number of hydrogen-bond acceptors (Lipinski definition) is 3. The Bertz CT molecular complexity index is 633. The average Bonchev–Trinajstić information content (AvgIpc) is 2.48. The first-order valence-electron chi connectivity index (χ1n) is 7.41. The van der Waals surface area contributed by atoms with Crippen LogP contribution in [0.15, 0.2) is 42.5 Å². The van der Waals surface area contributed by atoms with Crippen LogP contribution in [0.1, 0.15) is 24.0 Å². The highest BCUT2D eigenvalue weighted by atomic mass is 16.5. The summed E-state index contributed by atoms with van der Waals surface area (Å²) < 4.78 is 5.79. The van der Waals surface area contributed by atoms with Crippen LogP contribution in [0.4, 0.5) is 11.4 Å². The molecule has 0 fully saturated rings. The lowest BCUT2D eigenvalue weighted by molar-refractivity contribution is -0.116. The van der Waals surface area contributed by atoms with Crippen molar-refractivity contribution in [2.24, 2.45) is 0 Å². The number of carbonyl (C=O) groups excluding carboxylic acids is 1. The van der Waals surface area contributed by atoms with Gasteiger partial charge in [0, 0.05) is 6.42 Å². The lowest BCUT2D eigenvalue weighted by Gasteiger charge is -2.12. The van der Waals surface area contributed by atoms with Crippen molar-refractivity contribution in [3.8, 4) is 5.75 Å². The van der Waals surface area contributed by atoms with Gasteiger partial charge in [0.15, 0.2) is 0 Å². The quantitative estimate of drug-likeness (QED) is 0.631. The Hall–Kier alpha value is -2.49. The van der Waals surface area contributed by atoms with Crippen LogP contribution in [-0.2, 0) is 4.79 Å². The van der Waals surface area contributed by atoms with Gasteiger partial charge in [0.1, 0.15) is 5.75 Å². The van der Waals surface area contributed by atoms with E-state index >= 15 is 0 Å². The molecule has 0 aliphatic rings. The van der Waals surface area contributed by atoms with Crippen molar-refractivity contribution >= 4 is 17.3 Å². The molecule has 2 aromatic carbocycles. The monoisotopic (exact) mass is 298 g/mol. The van der Waals surface area contributed by atoms with Crippen LogP contribution in [0.2, 0.25) is 0 Å². The van der Waals surface area contributed by atoms with Crippen LogP contribution < -0.4 is 15.8 Å². The summed E-state index contributed by atoms with van der Waals surface area (Å²) in [7, 11) is 0. The molecule has 0 heterocycles. The number of nitrogen functional groups attached to an aromatic ring is 1. The molecule has 4 nitrogen and oxygen atoms in total. The summed E-state index contributed by atoms with van der Waals surface area (Å²) in [4.78, 5) is 11.9. The average molecular weight is 298 g/mol. The van der Waals surface area contributed by atoms with Crippen molar-refractivity contribution in [3.05, 3.63) is 53.6 Å². The van der Waals surface area contributed by atoms with Crippen LogP contribution in [0.5, 0.6) is 5.75 Å². The SMILES string of the molecule is Cc1cccc(C)c1OCCCC(=O)Nc1ccccc1N. The molecule has 0 aromatic heterocycles. The largest absolute Gasteiger partial charge is 0.493 e. The van der Waals surface area contributed by atoms with E-state index in [0.29, 0.717) is 30.8 Å². The number of anilines is 2. The number of hydrogen-bond donors (Lipinski definition) is 2. The molecule has 0 unspecified atom stereocenters. The van der Waals surface area contributed by atoms with Gasteiger partial charge in [-0.1, -0.05) is 30.3 Å². The fraction of sp³-hybridized carbons (Fsp3) is 0.278. The van der Waals surface area contributed by atoms with Gasteiger partial charge in [0.25, 0.3) is 0 Å². The highest BCUT2D eigenvalue weighted by Gasteiger charge is 2.06. The fourth-order valence-electron chi connectivity index (χ4n) is 2.26. The lowest BCUT2D eigenvalue weighted by Crippen LogP contribution is -2.14. The van der Waals surface area contributed by atoms with Crippen molar-refractivity contribution in [1.82, 2.24) is 0 Å². The summed E-state index contributed by atoms with van der Waals surface area (Å²) in [5, 5.41) is 2.81. The van der Waals surface area contributed by atoms with Crippen LogP contribution >= 0.6 is 0 Å². The molecular weight excluding hydrogens is 276 g/mol. The summed E-state index contributed by atoms with van der Waals surface area (Å²) >= 11 is 0. The van der Waals surface area contributed by atoms with Crippen LogP contribution in [0, 0.1) is 13.8 Å². The van der Waals surface area contributed by atoms with E-state index in [2.05, 4.69) is 5.32 Å². The van der Waals surface area contributed by atoms with E-state index in [1.54, 1.807) is 12.1 Å². The Morgan fingerprint density at radius 2 is 1.77 bits per heavy atom. The molecular formula is C18H22N2O2. The van der Waals surface area contributed by atoms with E-state index in [-0.39, 0.29) is 5.91 Å². The van der Waals surface area contributed by atoms with E-state index in [0.717, 1.165) is 16.9 Å². The standard InChI is InChI=1S/C18H22N2O2/c1-13-7-5-8-14(2)18(13)22-12-6-11-17(21)20-16-10-4-3-9-15(16)19/h3-5,7-10H,6,11-12,19H2,1-2H3,(H,20,21). The zero-order valence-electron chi connectivity index (χ0n) is 13.1. The first-order chi connectivity index (χ1) is 10.6. The molecule has 1 amide bonds. The summed E-state index contributed by atoms with van der Waals surface area (Å²) in [6.07, 6.45) is 1.06. The van der Waals surface area contributed by atoms with Gasteiger partial charge in [-0.05, 0) is 43.5 Å². The predicted molar refractivity (Wildman–Crippen MR) is 90.1 cm³/mol. The molecule has 0 bridgehead atoms. The van der Waals surface area contributed by atoms with E-state index < -0.39 is 0 Å². The number of para-hydroxylation sites is 3. The number of rotatable bonds is 6. The Morgan fingerprint density at radius 1 is 1.09 bits per heavy atom. The smallest absolute Gasteiger partial charge is 0.224 e. The van der Waals surface area contributed by atoms with E-state index in [4.69, 9.17) is 10.5 Å². The maximum atomic E-state index is 11.9. The Kier molecular flexibility index (Phi) is 5.42. The van der Waals surface area contributed by atoms with E-state index in [9.17, 15) is 4.79 Å². The predicted octanol–water partition coefficient (Wildman–Crippen LogP) is 3.68. The summed E-state index contributed by atoms with van der Waals surface area (Å²) in [6.45, 7) is 4.56. The number of aryl methyl sites for hydroxylation is 2. The molecule has 4 heteroatoms. The number of nitrogens with two attached hydrogens (primary N) is 1. The van der Waals surface area contributed by atoms with Gasteiger partial charge in [-0.25, -0.2) is 0 Å². The zero-order chi connectivity index (χ0) is 15.9. The minimum atomic E-state index is -0.0528. The van der Waals surface area contributed by atoms with E-state index in [1.807, 2.05) is 44.2 Å². The first kappa shape index (κ1) is 15.9. The summed E-state index contributed by atoms with van der Waals surface area (Å²) in [5.74, 6) is 0.859. The van der Waals surface area contributed by atoms with Crippen LogP contribution in [0.3, 0.4) is 0 Å². The Morgan fingerprint density at radius 3 is 2.45 bits per heavy atom. The second kappa shape index (κ2) is 7.50. The summed E-state index contributed by atoms with van der Waals surface area (Å²) in [6, 6.07) is 13.3. The molecule has 2 rings (SSSR count). The molecule has 0 aliphatic heterocycles. The van der Waals surface area contributed by atoms with Gasteiger partial charge >= 0.3 is 0 Å². The minimum absolute atomic E-state index is 0.0528. The maximum absolute atomic E-state index is 11.9. The molecule has 0 aliphatic carbocycles. The van der Waals surface area contributed by atoms with Crippen molar-refractivity contribution in [1.29, 1.82) is 0 Å². The van der Waals surface area contributed by atoms with Crippen molar-refractivity contribution in [2.45, 2.75) is 26.7 Å². The zero-order valence-corrected chi connectivity index (χ0v) is 13.1. The molecule has 0 spiro atoms. The highest BCUT2D eigenvalue weighted by molar-refractivity contribution is 5.93. The third-order valence-corrected chi connectivity index (χ3v) is 3.44. The number of carbonyl (C=O) groups is 1. The first-order valence-corrected chi connectivity index (χ1v) is 7.41. The number of amides is 1. The molecule has 0 saturated heterocycles. The minimum Gasteiger partial charge on any atom is -0.493 e. The Labute approximate surface area is 131 Å². The normalized spacial score (nSPS) is 10.3. The van der Waals surface area contributed by atoms with Crippen LogP contribution in [-0.4, -0.2) is 12.5 Å². The topological polar surface area (TPSA) is 64.3 Å². The highest BCUT2D eigenvalue weighted by Crippen LogP contribution is 2.22. The second-order valence-electron chi connectivity index (χ2n) is 5.31. The number of nitrogens with one attached hydrogen (secondary N) is 1. The molecule has 3 N–H and O–H groups in total. The van der Waals surface area contributed by atoms with Gasteiger partial charge in [-0.2, -0.15) is 0 Å². The van der Waals surface area contributed by atoms with Gasteiger partial charge in [-0.15, -0.1) is 0 Å². The van der Waals surface area contributed by atoms with Gasteiger partial charge < -0.3 is 15.8 Å². The molecule has 0 atom stereocenters. The molecule has 2 aromatic rings. The summed E-state index contributed by atoms with van der Waals surface area (Å²) in [5.41, 5.74) is 9.25. The van der Waals surface area contributed by atoms with Gasteiger partial charge in [0.2, 0.25) is 5.91 Å². The third-order valence-electron chi connectivity index (χ3n) is 3.44. The Balaban J connectivity index is 1.77. The van der Waals surface area contributed by atoms with Crippen molar-refractivity contribution in [3.63, 3.8) is 0 Å². The maximum Gasteiger partial charge on any atom is 0.224 e.